The molecule has 19 nitrogen and oxygen atoms in total. The Kier molecular flexibility index (Phi) is 21.3. The van der Waals surface area contributed by atoms with Gasteiger partial charge in [-0.05, 0) is 83.5 Å². The second kappa shape index (κ2) is 26.3. The van der Waals surface area contributed by atoms with Gasteiger partial charge in [-0.1, -0.05) is 42.8 Å². The molecule has 5 N–H and O–H groups in total. The Balaban J connectivity index is 1.45. The lowest BCUT2D eigenvalue weighted by Gasteiger charge is -2.47. The van der Waals surface area contributed by atoms with E-state index in [0.717, 1.165) is 11.1 Å². The highest BCUT2D eigenvalue weighted by molar-refractivity contribution is 5.91. The summed E-state index contributed by atoms with van der Waals surface area (Å²) in [7, 11) is 6.49. The Hall–Kier alpha value is -3.70. The lowest BCUT2D eigenvalue weighted by Crippen LogP contribution is -2.63. The van der Waals surface area contributed by atoms with Gasteiger partial charge in [-0.15, -0.1) is 0 Å². The maximum absolute atomic E-state index is 14.1. The number of aliphatic hydroxyl groups excluding tert-OH is 3. The number of nitrogens with two attached hydrogens (primary N) is 1. The fourth-order valence-electron chi connectivity index (χ4n) is 8.97. The molecule has 5 heterocycles. The van der Waals surface area contributed by atoms with E-state index < -0.39 is 97.3 Å². The zero-order chi connectivity index (χ0) is 48.8. The van der Waals surface area contributed by atoms with Crippen LogP contribution in [-0.4, -0.2) is 184 Å². The molecular formula is C48H74N4O15. The number of nitrogens with zero attached hydrogens (tertiary/aromatic N) is 3. The van der Waals surface area contributed by atoms with Crippen molar-refractivity contribution in [2.24, 2.45) is 28.8 Å². The molecule has 0 radical (unpaired) electrons. The molecule has 0 aromatic carbocycles. The van der Waals surface area contributed by atoms with Crippen LogP contribution in [0.25, 0.3) is 6.08 Å². The summed E-state index contributed by atoms with van der Waals surface area (Å²) >= 11 is 0. The summed E-state index contributed by atoms with van der Waals surface area (Å²) in [6.45, 7) is 9.33. The molecule has 67 heavy (non-hydrogen) atoms. The maximum Gasteiger partial charge on any atom is 0.308 e. The van der Waals surface area contributed by atoms with E-state index in [1.165, 1.54) is 14.2 Å². The van der Waals surface area contributed by atoms with Crippen molar-refractivity contribution in [2.75, 3.05) is 73.7 Å². The molecule has 0 aliphatic carbocycles. The number of aliphatic hydroxyl groups is 3. The minimum absolute atomic E-state index is 0.0250. The minimum Gasteiger partial charge on any atom is -0.465 e. The van der Waals surface area contributed by atoms with Crippen molar-refractivity contribution in [3.05, 3.63) is 53.8 Å². The fourth-order valence-corrected chi connectivity index (χ4v) is 8.97. The number of fused-ring (bicyclic) bond motifs is 3. The predicted molar refractivity (Wildman–Crippen MR) is 246 cm³/mol. The number of methoxy groups -OCH3 is 2. The van der Waals surface area contributed by atoms with E-state index in [1.807, 2.05) is 39.0 Å². The molecule has 4 aliphatic heterocycles. The number of cyclic esters (lactones) is 1. The van der Waals surface area contributed by atoms with Gasteiger partial charge >= 0.3 is 5.97 Å². The highest BCUT2D eigenvalue weighted by atomic mass is 16.7. The van der Waals surface area contributed by atoms with Crippen LogP contribution in [0.2, 0.25) is 0 Å². The number of carbonyl (C=O) groups excluding carboxylic acids is 2. The molecule has 2 bridgehead atoms. The average molecular weight is 947 g/mol. The number of oxime groups is 1. The van der Waals surface area contributed by atoms with Gasteiger partial charge in [-0.2, -0.15) is 0 Å². The van der Waals surface area contributed by atoms with E-state index in [9.17, 15) is 24.9 Å². The largest absolute Gasteiger partial charge is 0.465 e. The van der Waals surface area contributed by atoms with Gasteiger partial charge < -0.3 is 73.4 Å². The third-order valence-corrected chi connectivity index (χ3v) is 12.9. The van der Waals surface area contributed by atoms with Crippen LogP contribution in [0.3, 0.4) is 0 Å². The second-order valence-corrected chi connectivity index (χ2v) is 18.3. The van der Waals surface area contributed by atoms with Gasteiger partial charge in [-0.25, -0.2) is 4.98 Å². The predicted octanol–water partition coefficient (Wildman–Crippen LogP) is 2.70. The van der Waals surface area contributed by atoms with Crippen LogP contribution in [0.5, 0.6) is 0 Å². The molecule has 0 saturated carbocycles. The van der Waals surface area contributed by atoms with Gasteiger partial charge in [0.25, 0.3) is 0 Å². The first-order valence-corrected chi connectivity index (χ1v) is 23.2. The van der Waals surface area contributed by atoms with Crippen molar-refractivity contribution in [3.8, 4) is 0 Å². The quantitative estimate of drug-likeness (QED) is 0.134. The first-order valence-electron chi connectivity index (χ1n) is 23.2. The van der Waals surface area contributed by atoms with Crippen molar-refractivity contribution in [2.45, 2.75) is 127 Å². The molecule has 1 aromatic heterocycles. The lowest BCUT2D eigenvalue weighted by atomic mass is 9.79. The summed E-state index contributed by atoms with van der Waals surface area (Å²) in [5, 5.41) is 37.7. The number of pyridine rings is 1. The molecule has 16 atom stereocenters. The number of esters is 1. The SMILES string of the molecule is CO[C@@H]1[C@H](O)[C@@H](C)O[C@@H](OC[C@H]2/C=C(C)/C=C/C(=O)[C@H](C)CC3CCOC/C(=N\OC/C=C/c4ccc(N)nc4)CO[C@H](CC(=O)OC2)[C@H](C)[C@H]3O[C@@H]2O[C@H](C)[C@@H](O)[C@H](N(C)C)[C@H]2O)[C@@H]1OC. The number of hydrogen-bond donors (Lipinski definition) is 4. The van der Waals surface area contributed by atoms with Crippen LogP contribution in [0.4, 0.5) is 5.82 Å². The van der Waals surface area contributed by atoms with Gasteiger partial charge in [0, 0.05) is 44.8 Å². The van der Waals surface area contributed by atoms with E-state index in [1.54, 1.807) is 63.3 Å². The standard InChI is InChI=1S/C48H74N4O15/c1-27-12-14-36(53)28(2)20-34-16-18-60-25-35(51-64-17-10-11-32-13-15-38(49)50-22-32)26-61-37(29(3)44(34)67-47-43(57)40(52(6)7)41(55)30(4)65-47)21-39(54)62-23-33(19-27)24-63-48-46(59-9)45(58-8)42(56)31(5)66-48/h10-15,19,22,28-31,33-34,37,40-48,55-57H,16-18,20-21,23-26H2,1-9H3,(H2,49,50)/b11-10+,14-12+,27-19+,51-35+/t28-,29+,30-,31-,33+,34?,37-,40+,41-,42-,43-,44-,45-,46-,47+,48-/m1/s1. The number of anilines is 1. The molecule has 5 rings (SSSR count). The molecule has 4 aliphatic rings. The number of rotatable bonds is 12. The Bertz CT molecular complexity index is 1830. The van der Waals surface area contributed by atoms with Crippen molar-refractivity contribution in [3.63, 3.8) is 0 Å². The van der Waals surface area contributed by atoms with Crippen molar-refractivity contribution < 1.29 is 72.4 Å². The Morgan fingerprint density at radius 3 is 2.37 bits per heavy atom. The van der Waals surface area contributed by atoms with Crippen LogP contribution in [0.15, 0.2) is 53.4 Å². The Morgan fingerprint density at radius 1 is 0.940 bits per heavy atom. The average Bonchev–Trinajstić information content (AvgIpc) is 3.31. The topological polar surface area (TPSA) is 242 Å². The number of aromatic nitrogens is 1. The third kappa shape index (κ3) is 15.4. The Labute approximate surface area is 394 Å². The maximum atomic E-state index is 14.1. The van der Waals surface area contributed by atoms with Gasteiger partial charge in [-0.3, -0.25) is 9.59 Å². The van der Waals surface area contributed by atoms with Crippen LogP contribution >= 0.6 is 0 Å². The van der Waals surface area contributed by atoms with Gasteiger partial charge in [0.2, 0.25) is 0 Å². The lowest BCUT2D eigenvalue weighted by molar-refractivity contribution is -0.305. The fraction of sp³-hybridized carbons (Fsp3) is 0.708. The van der Waals surface area contributed by atoms with E-state index in [2.05, 4.69) is 10.1 Å². The number of hydrogen-bond acceptors (Lipinski definition) is 19. The minimum atomic E-state index is -1.25. The molecule has 1 unspecified atom stereocenters. The normalized spacial score (nSPS) is 38.6. The smallest absolute Gasteiger partial charge is 0.308 e. The molecule has 376 valence electrons. The van der Waals surface area contributed by atoms with E-state index in [0.29, 0.717) is 24.4 Å². The molecular weight excluding hydrogens is 873 g/mol. The Morgan fingerprint density at radius 2 is 1.67 bits per heavy atom. The molecule has 0 spiro atoms. The number of nitrogen functional groups attached to an aromatic ring is 1. The highest BCUT2D eigenvalue weighted by Gasteiger charge is 2.48. The zero-order valence-electron chi connectivity index (χ0n) is 40.4. The summed E-state index contributed by atoms with van der Waals surface area (Å²) < 4.78 is 55.2. The van der Waals surface area contributed by atoms with Crippen LogP contribution < -0.4 is 5.73 Å². The summed E-state index contributed by atoms with van der Waals surface area (Å²) in [5.74, 6) is -2.18. The highest BCUT2D eigenvalue weighted by Crippen LogP contribution is 2.36. The molecule has 19 heteroatoms. The van der Waals surface area contributed by atoms with Gasteiger partial charge in [0.15, 0.2) is 18.4 Å². The zero-order valence-corrected chi connectivity index (χ0v) is 40.4. The van der Waals surface area contributed by atoms with Crippen molar-refractivity contribution in [1.29, 1.82) is 0 Å². The number of ketones is 1. The summed E-state index contributed by atoms with van der Waals surface area (Å²) in [6.07, 6.45) is 1.29. The second-order valence-electron chi connectivity index (χ2n) is 18.3. The van der Waals surface area contributed by atoms with E-state index in [-0.39, 0.29) is 57.8 Å². The van der Waals surface area contributed by atoms with E-state index >= 15 is 0 Å². The van der Waals surface area contributed by atoms with Crippen LogP contribution in [-0.2, 0) is 57.1 Å². The summed E-state index contributed by atoms with van der Waals surface area (Å²) in [4.78, 5) is 39.5. The summed E-state index contributed by atoms with van der Waals surface area (Å²) in [5.41, 5.74) is 7.71. The van der Waals surface area contributed by atoms with Crippen molar-refractivity contribution in [1.82, 2.24) is 9.88 Å². The summed E-state index contributed by atoms with van der Waals surface area (Å²) in [6, 6.07) is 2.82. The van der Waals surface area contributed by atoms with Gasteiger partial charge in [0.1, 0.15) is 42.6 Å². The monoisotopic (exact) mass is 947 g/mol. The molecule has 0 amide bonds. The van der Waals surface area contributed by atoms with Gasteiger partial charge in [0.05, 0.1) is 69.4 Å². The van der Waals surface area contributed by atoms with E-state index in [4.69, 9.17) is 53.2 Å². The molecule has 1 aromatic rings. The van der Waals surface area contributed by atoms with Crippen LogP contribution in [0, 0.1) is 23.7 Å². The van der Waals surface area contributed by atoms with Crippen molar-refractivity contribution >= 4 is 29.4 Å². The number of ether oxygens (including phenoxy) is 9. The number of allylic oxidation sites excluding steroid dienone is 3. The third-order valence-electron chi connectivity index (χ3n) is 12.9. The number of likely N-dealkylation sites (N-methyl/N-ethyl adjacent to an activating group) is 1. The first kappa shape index (κ1) is 54.2. The first-order chi connectivity index (χ1) is 32.0. The molecule has 3 fully saturated rings. The van der Waals surface area contributed by atoms with Crippen LogP contribution in [0.1, 0.15) is 59.4 Å². The molecule has 3 saturated heterocycles. The number of carbonyl (C=O) groups is 2.